The van der Waals surface area contributed by atoms with Crippen LogP contribution in [0.25, 0.3) is 22.1 Å². The predicted molar refractivity (Wildman–Crippen MR) is 99.6 cm³/mol. The molecule has 0 saturated heterocycles. The molecule has 3 rings (SSSR count). The van der Waals surface area contributed by atoms with Crippen molar-refractivity contribution in [1.29, 1.82) is 0 Å². The van der Waals surface area contributed by atoms with Gasteiger partial charge < -0.3 is 9.52 Å². The second-order valence-electron chi connectivity index (χ2n) is 6.49. The van der Waals surface area contributed by atoms with Crippen LogP contribution in [0.3, 0.4) is 0 Å². The summed E-state index contributed by atoms with van der Waals surface area (Å²) in [5, 5.41) is 9.92. The van der Waals surface area contributed by atoms with Gasteiger partial charge in [0.2, 0.25) is 0 Å². The summed E-state index contributed by atoms with van der Waals surface area (Å²) in [4.78, 5) is 12.6. The van der Waals surface area contributed by atoms with Crippen LogP contribution >= 0.6 is 0 Å². The molecule has 0 bridgehead atoms. The van der Waals surface area contributed by atoms with Crippen LogP contribution in [0.2, 0.25) is 0 Å². The van der Waals surface area contributed by atoms with Crippen LogP contribution in [0.5, 0.6) is 5.75 Å². The summed E-state index contributed by atoms with van der Waals surface area (Å²) in [6.07, 6.45) is 1.45. The summed E-state index contributed by atoms with van der Waals surface area (Å²) in [6, 6.07) is 12.5. The largest absolute Gasteiger partial charge is 0.508 e. The molecule has 0 aliphatic heterocycles. The van der Waals surface area contributed by atoms with Crippen LogP contribution in [0.1, 0.15) is 40.2 Å². The Bertz CT molecular complexity index is 882. The highest BCUT2D eigenvalue weighted by Gasteiger charge is 2.14. The van der Waals surface area contributed by atoms with Gasteiger partial charge in [-0.25, -0.2) is 0 Å². The van der Waals surface area contributed by atoms with E-state index in [0.29, 0.717) is 16.5 Å². The van der Waals surface area contributed by atoms with Gasteiger partial charge >= 0.3 is 0 Å². The van der Waals surface area contributed by atoms with E-state index in [0.717, 1.165) is 5.56 Å². The van der Waals surface area contributed by atoms with E-state index in [1.807, 2.05) is 38.1 Å². The van der Waals surface area contributed by atoms with E-state index in [9.17, 15) is 9.90 Å². The molecule has 2 aromatic carbocycles. The Morgan fingerprint density at radius 2 is 1.58 bits per heavy atom. The molecule has 0 saturated carbocycles. The number of aromatic hydroxyl groups is 1. The van der Waals surface area contributed by atoms with Crippen LogP contribution in [0.15, 0.2) is 57.9 Å². The molecule has 0 spiro atoms. The van der Waals surface area contributed by atoms with Crippen molar-refractivity contribution in [3.8, 4) is 16.9 Å². The number of hydrogen-bond acceptors (Lipinski definition) is 3. The van der Waals surface area contributed by atoms with Gasteiger partial charge in [-0.05, 0) is 28.7 Å². The van der Waals surface area contributed by atoms with Crippen molar-refractivity contribution < 1.29 is 9.52 Å². The minimum atomic E-state index is -0.0928. The highest BCUT2D eigenvalue weighted by atomic mass is 16.3. The van der Waals surface area contributed by atoms with Crippen LogP contribution in [-0.2, 0) is 5.41 Å². The van der Waals surface area contributed by atoms with E-state index < -0.39 is 0 Å². The van der Waals surface area contributed by atoms with E-state index in [1.165, 1.54) is 24.0 Å². The zero-order valence-corrected chi connectivity index (χ0v) is 14.9. The molecule has 1 N–H and O–H groups in total. The topological polar surface area (TPSA) is 50.4 Å². The average molecular weight is 324 g/mol. The van der Waals surface area contributed by atoms with Gasteiger partial charge in [0.1, 0.15) is 17.6 Å². The second-order valence-corrected chi connectivity index (χ2v) is 6.49. The summed E-state index contributed by atoms with van der Waals surface area (Å²) in [6.45, 7) is 10.5. The van der Waals surface area contributed by atoms with Crippen molar-refractivity contribution in [3.63, 3.8) is 0 Å². The molecule has 0 radical (unpaired) electrons. The third kappa shape index (κ3) is 3.51. The number of phenolic OH excluding ortho intramolecular Hbond substituents is 1. The molecule has 3 heteroatoms. The minimum Gasteiger partial charge on any atom is -0.508 e. The summed E-state index contributed by atoms with van der Waals surface area (Å²) < 4.78 is 5.50. The summed E-state index contributed by atoms with van der Waals surface area (Å²) in [5.74, 6) is 0.0814. The van der Waals surface area contributed by atoms with Gasteiger partial charge in [0.05, 0.1) is 10.9 Å². The molecule has 0 aliphatic rings. The van der Waals surface area contributed by atoms with Gasteiger partial charge in [-0.2, -0.15) is 0 Å². The van der Waals surface area contributed by atoms with Gasteiger partial charge in [-0.3, -0.25) is 4.79 Å². The minimum absolute atomic E-state index is 0.0735. The van der Waals surface area contributed by atoms with E-state index in [4.69, 9.17) is 4.42 Å². The summed E-state index contributed by atoms with van der Waals surface area (Å²) >= 11 is 0. The zero-order chi connectivity index (χ0) is 17.9. The molecular weight excluding hydrogens is 300 g/mol. The first kappa shape index (κ1) is 17.8. The second kappa shape index (κ2) is 6.91. The third-order valence-electron chi connectivity index (χ3n) is 3.82. The summed E-state index contributed by atoms with van der Waals surface area (Å²) in [5.41, 5.74) is 2.94. The molecule has 24 heavy (non-hydrogen) atoms. The van der Waals surface area contributed by atoms with Crippen LogP contribution in [-0.4, -0.2) is 5.11 Å². The van der Waals surface area contributed by atoms with E-state index >= 15 is 0 Å². The monoisotopic (exact) mass is 324 g/mol. The maximum atomic E-state index is 12.6. The molecule has 0 amide bonds. The Hall–Kier alpha value is -2.55. The lowest BCUT2D eigenvalue weighted by Gasteiger charge is -2.19. The van der Waals surface area contributed by atoms with Gasteiger partial charge in [-0.1, -0.05) is 58.9 Å². The lowest BCUT2D eigenvalue weighted by molar-refractivity contribution is 0.474. The van der Waals surface area contributed by atoms with Crippen molar-refractivity contribution in [2.75, 3.05) is 0 Å². The average Bonchev–Trinajstić information content (AvgIpc) is 2.56. The normalized spacial score (nSPS) is 11.0. The van der Waals surface area contributed by atoms with E-state index in [-0.39, 0.29) is 16.6 Å². The fraction of sp³-hybridized carbons (Fsp3) is 0.286. The van der Waals surface area contributed by atoms with Crippen molar-refractivity contribution in [3.05, 3.63) is 64.5 Å². The number of rotatable bonds is 1. The number of phenols is 1. The molecule has 3 nitrogen and oxygen atoms in total. The standard InChI is InChI=1S/C19H18O3.C2H6/c1-19(2,3)13-6-4-12(5-7-13)16-11-22-17-10-14(20)8-9-15(17)18(16)21;1-2/h4-11,20H,1-3H3;1-2H3. The van der Waals surface area contributed by atoms with E-state index in [2.05, 4.69) is 20.8 Å². The lowest BCUT2D eigenvalue weighted by atomic mass is 9.86. The summed E-state index contributed by atoms with van der Waals surface area (Å²) in [7, 11) is 0. The molecule has 0 aliphatic carbocycles. The Balaban J connectivity index is 0.00000100. The fourth-order valence-corrected chi connectivity index (χ4v) is 2.47. The van der Waals surface area contributed by atoms with Crippen molar-refractivity contribution in [1.82, 2.24) is 0 Å². The van der Waals surface area contributed by atoms with Gasteiger partial charge in [-0.15, -0.1) is 0 Å². The van der Waals surface area contributed by atoms with Gasteiger partial charge in [0.15, 0.2) is 5.43 Å². The highest BCUT2D eigenvalue weighted by Crippen LogP contribution is 2.26. The van der Waals surface area contributed by atoms with Crippen LogP contribution in [0.4, 0.5) is 0 Å². The van der Waals surface area contributed by atoms with Crippen molar-refractivity contribution >= 4 is 11.0 Å². The van der Waals surface area contributed by atoms with Crippen LogP contribution < -0.4 is 5.43 Å². The highest BCUT2D eigenvalue weighted by molar-refractivity contribution is 5.82. The molecular formula is C21H24O3. The van der Waals surface area contributed by atoms with Crippen molar-refractivity contribution in [2.24, 2.45) is 0 Å². The number of fused-ring (bicyclic) bond motifs is 1. The maximum Gasteiger partial charge on any atom is 0.200 e. The van der Waals surface area contributed by atoms with Gasteiger partial charge in [0, 0.05) is 6.07 Å². The molecule has 0 unspecified atom stereocenters. The molecule has 1 heterocycles. The quantitative estimate of drug-likeness (QED) is 0.644. The Morgan fingerprint density at radius 1 is 0.958 bits per heavy atom. The Kier molecular flexibility index (Phi) is 5.13. The zero-order valence-electron chi connectivity index (χ0n) is 14.9. The molecule has 126 valence electrons. The molecule has 1 aromatic heterocycles. The maximum absolute atomic E-state index is 12.6. The van der Waals surface area contributed by atoms with E-state index in [1.54, 1.807) is 6.07 Å². The third-order valence-corrected chi connectivity index (χ3v) is 3.82. The SMILES string of the molecule is CC.CC(C)(C)c1ccc(-c2coc3cc(O)ccc3c2=O)cc1. The first-order chi connectivity index (χ1) is 11.4. The first-order valence-corrected chi connectivity index (χ1v) is 8.22. The predicted octanol–water partition coefficient (Wildman–Crippen LogP) is 5.49. The molecule has 3 aromatic rings. The lowest BCUT2D eigenvalue weighted by Crippen LogP contribution is -2.11. The number of hydrogen-bond donors (Lipinski definition) is 1. The number of benzene rings is 2. The van der Waals surface area contributed by atoms with Crippen LogP contribution in [0, 0.1) is 0 Å². The fourth-order valence-electron chi connectivity index (χ4n) is 2.47. The first-order valence-electron chi connectivity index (χ1n) is 8.22. The Labute approximate surface area is 142 Å². The smallest absolute Gasteiger partial charge is 0.200 e. The molecule has 0 fully saturated rings. The Morgan fingerprint density at radius 3 is 2.17 bits per heavy atom. The van der Waals surface area contributed by atoms with Gasteiger partial charge in [0.25, 0.3) is 0 Å². The van der Waals surface area contributed by atoms with Crippen molar-refractivity contribution in [2.45, 2.75) is 40.0 Å². The molecule has 0 atom stereocenters.